The van der Waals surface area contributed by atoms with E-state index in [1.807, 2.05) is 0 Å². The third kappa shape index (κ3) is 26.5. The number of amides is 11. The van der Waals surface area contributed by atoms with Crippen molar-refractivity contribution in [1.29, 1.82) is 0 Å². The fourth-order valence-corrected chi connectivity index (χ4v) is 11.1. The van der Waals surface area contributed by atoms with E-state index in [0.29, 0.717) is 30.6 Å². The highest BCUT2D eigenvalue weighted by Gasteiger charge is 2.42. The molecule has 2 aliphatic heterocycles. The summed E-state index contributed by atoms with van der Waals surface area (Å²) in [5, 5.41) is 68.9. The summed E-state index contributed by atoms with van der Waals surface area (Å²) in [4.78, 5) is 190. The van der Waals surface area contributed by atoms with Crippen LogP contribution < -0.4 is 70.0 Å². The van der Waals surface area contributed by atoms with Crippen molar-refractivity contribution in [3.8, 4) is 5.75 Å². The van der Waals surface area contributed by atoms with Gasteiger partial charge in [-0.05, 0) is 113 Å². The molecule has 20 N–H and O–H groups in total. The van der Waals surface area contributed by atoms with Gasteiger partial charge in [-0.3, -0.25) is 62.5 Å². The van der Waals surface area contributed by atoms with Gasteiger partial charge in [0.2, 0.25) is 65.0 Å². The van der Waals surface area contributed by atoms with E-state index >= 15 is 0 Å². The average molecular weight is 1380 g/mol. The van der Waals surface area contributed by atoms with Gasteiger partial charge in [0.15, 0.2) is 5.96 Å². The minimum absolute atomic E-state index is 0.00903. The molecule has 1 aromatic carbocycles. The van der Waals surface area contributed by atoms with Crippen LogP contribution in [0.15, 0.2) is 41.8 Å². The Labute approximate surface area is 569 Å². The molecule has 34 nitrogen and oxygen atoms in total. The summed E-state index contributed by atoms with van der Waals surface area (Å²) in [6, 6.07) is -10.3. The first-order valence-electron chi connectivity index (χ1n) is 33.1. The van der Waals surface area contributed by atoms with Crippen molar-refractivity contribution in [3.63, 3.8) is 0 Å². The molecule has 0 spiro atoms. The smallest absolute Gasteiger partial charge is 0.326 e. The highest BCUT2D eigenvalue weighted by Crippen LogP contribution is 2.22. The number of aliphatic hydroxyl groups excluding tert-OH is 1. The number of aliphatic imine (C=N–C) groups is 1. The predicted molar refractivity (Wildman–Crippen MR) is 355 cm³/mol. The van der Waals surface area contributed by atoms with Crippen LogP contribution in [0.5, 0.6) is 5.75 Å². The van der Waals surface area contributed by atoms with Crippen LogP contribution in [0, 0.1) is 23.7 Å². The molecule has 34 heteroatoms. The van der Waals surface area contributed by atoms with Gasteiger partial charge in [0, 0.05) is 44.2 Å². The van der Waals surface area contributed by atoms with E-state index < -0.39 is 181 Å². The molecule has 3 heterocycles. The van der Waals surface area contributed by atoms with Gasteiger partial charge in [0.05, 0.1) is 19.0 Å². The maximum Gasteiger partial charge on any atom is 0.326 e. The van der Waals surface area contributed by atoms with E-state index in [-0.39, 0.29) is 81.6 Å². The fraction of sp³-hybridized carbons (Fsp3) is 0.641. The first-order valence-corrected chi connectivity index (χ1v) is 33.1. The molecule has 0 radical (unpaired) electrons. The molecule has 0 saturated carbocycles. The Morgan fingerprint density at radius 1 is 0.592 bits per heavy atom. The number of hydrogen-bond donors (Lipinski definition) is 18. The van der Waals surface area contributed by atoms with E-state index in [4.69, 9.17) is 11.5 Å². The predicted octanol–water partition coefficient (Wildman–Crippen LogP) is -3.09. The number of likely N-dealkylation sites (tertiary alicyclic amines) is 1. The molecule has 4 rings (SSSR count). The Hall–Kier alpha value is -9.47. The number of phenols is 1. The second-order valence-electron chi connectivity index (χ2n) is 26.3. The number of aliphatic carboxylic acids is 2. The molecule has 544 valence electrons. The van der Waals surface area contributed by atoms with Crippen LogP contribution in [0.1, 0.15) is 138 Å². The summed E-state index contributed by atoms with van der Waals surface area (Å²) in [6.45, 7) is 14.5. The number of H-pyrrole nitrogens is 1. The number of guanidine groups is 1. The minimum Gasteiger partial charge on any atom is -0.508 e. The van der Waals surface area contributed by atoms with Crippen LogP contribution in [0.4, 0.5) is 0 Å². The topological polar surface area (TPSA) is 531 Å². The summed E-state index contributed by atoms with van der Waals surface area (Å²) < 4.78 is 0. The summed E-state index contributed by atoms with van der Waals surface area (Å²) >= 11 is 0. The number of carboxylic acid groups (broad SMARTS) is 2. The van der Waals surface area contributed by atoms with E-state index in [9.17, 15) is 82.8 Å². The largest absolute Gasteiger partial charge is 0.508 e. The molecule has 0 unspecified atom stereocenters. The lowest BCUT2D eigenvalue weighted by molar-refractivity contribution is -0.143. The first-order chi connectivity index (χ1) is 46.2. The van der Waals surface area contributed by atoms with Crippen LogP contribution >= 0.6 is 0 Å². The Balaban J connectivity index is 1.47. The molecular weight excluding hydrogens is 1280 g/mol. The molecule has 0 bridgehead atoms. The number of carboxylic acids is 2. The van der Waals surface area contributed by atoms with Crippen molar-refractivity contribution < 1.29 is 82.8 Å². The van der Waals surface area contributed by atoms with Crippen LogP contribution in [0.2, 0.25) is 0 Å². The van der Waals surface area contributed by atoms with Gasteiger partial charge in [-0.15, -0.1) is 0 Å². The summed E-state index contributed by atoms with van der Waals surface area (Å²) in [6.07, 6.45) is 3.66. The number of carbonyl (C=O) groups is 13. The van der Waals surface area contributed by atoms with E-state index in [1.54, 1.807) is 55.4 Å². The monoisotopic (exact) mass is 1380 g/mol. The molecule has 2 fully saturated rings. The molecule has 98 heavy (non-hydrogen) atoms. The number of aliphatic hydroxyl groups is 1. The third-order valence-corrected chi connectivity index (χ3v) is 16.4. The highest BCUT2D eigenvalue weighted by molar-refractivity contribution is 6.00. The number of carbonyl (C=O) groups excluding carboxylic acids is 11. The number of hydrogen-bond acceptors (Lipinski definition) is 18. The van der Waals surface area contributed by atoms with Crippen LogP contribution in [-0.4, -0.2) is 217 Å². The van der Waals surface area contributed by atoms with Crippen molar-refractivity contribution in [2.24, 2.45) is 40.1 Å². The van der Waals surface area contributed by atoms with E-state index in [2.05, 4.69) is 73.4 Å². The van der Waals surface area contributed by atoms with Gasteiger partial charge in [0.25, 0.3) is 0 Å². The number of imidazole rings is 1. The molecule has 2 aliphatic rings. The lowest BCUT2D eigenvalue weighted by Crippen LogP contribution is -2.62. The Morgan fingerprint density at radius 2 is 1.12 bits per heavy atom. The molecule has 2 aromatic rings. The minimum atomic E-state index is -1.73. The number of aromatic nitrogens is 2. The summed E-state index contributed by atoms with van der Waals surface area (Å²) in [5.74, 6) is -13.9. The highest BCUT2D eigenvalue weighted by atomic mass is 16.4. The van der Waals surface area contributed by atoms with Gasteiger partial charge in [-0.2, -0.15) is 0 Å². The van der Waals surface area contributed by atoms with Crippen LogP contribution in [0.3, 0.4) is 0 Å². The quantitative estimate of drug-likeness (QED) is 0.0179. The lowest BCUT2D eigenvalue weighted by Gasteiger charge is -2.30. The molecule has 0 aliphatic carbocycles. The van der Waals surface area contributed by atoms with Crippen molar-refractivity contribution in [2.45, 2.75) is 212 Å². The van der Waals surface area contributed by atoms with E-state index in [1.165, 1.54) is 48.6 Å². The fourth-order valence-electron chi connectivity index (χ4n) is 11.1. The van der Waals surface area contributed by atoms with Crippen molar-refractivity contribution >= 4 is 82.9 Å². The van der Waals surface area contributed by atoms with Crippen molar-refractivity contribution in [2.75, 3.05) is 26.2 Å². The second kappa shape index (κ2) is 39.7. The Morgan fingerprint density at radius 3 is 1.64 bits per heavy atom. The van der Waals surface area contributed by atoms with Gasteiger partial charge in [0.1, 0.15) is 72.2 Å². The Kier molecular flexibility index (Phi) is 32.8. The first kappa shape index (κ1) is 81.0. The van der Waals surface area contributed by atoms with E-state index in [0.717, 1.165) is 6.42 Å². The second-order valence-corrected chi connectivity index (χ2v) is 26.3. The van der Waals surface area contributed by atoms with Gasteiger partial charge < -0.3 is 100 Å². The zero-order chi connectivity index (χ0) is 73.1. The number of nitrogens with two attached hydrogens (primary N) is 2. The van der Waals surface area contributed by atoms with Gasteiger partial charge >= 0.3 is 11.9 Å². The van der Waals surface area contributed by atoms with Gasteiger partial charge in [-0.1, -0.05) is 67.5 Å². The number of nitrogens with zero attached hydrogens (tertiary/aromatic N) is 3. The number of nitrogens with one attached hydrogen (secondary N) is 12. The van der Waals surface area contributed by atoms with Gasteiger partial charge in [-0.25, -0.2) is 9.78 Å². The third-order valence-electron chi connectivity index (χ3n) is 16.4. The number of rotatable bonds is 40. The molecule has 1 aromatic heterocycles. The van der Waals surface area contributed by atoms with Crippen LogP contribution in [0.25, 0.3) is 0 Å². The summed E-state index contributed by atoms with van der Waals surface area (Å²) in [5.41, 5.74) is 11.6. The molecular formula is C64H101N17O17. The average Bonchev–Trinajstić information content (AvgIpc) is 1.61. The van der Waals surface area contributed by atoms with Crippen LogP contribution in [-0.2, 0) is 75.2 Å². The zero-order valence-electron chi connectivity index (χ0n) is 57.1. The maximum atomic E-state index is 14.4. The number of aromatic amines is 1. The summed E-state index contributed by atoms with van der Waals surface area (Å²) in [7, 11) is 0. The molecule has 11 amide bonds. The molecule has 2 saturated heterocycles. The standard InChI is InChI=1S/C64H101N17O17/c1-32(2)25-43(56(90)73-42(63(97)98)14-11-23-69-64(65)66)74-57(91)44(26-33(3)4)76-60(94)51(35(7)8)80-58(92)47(30-82)78-61(95)50(34(5)6)79-52(86)36(9)71-55(89)45(27-37-16-18-39(83)19-17-37)75-54(88)41(20-21-49(84)85)72-59(93)48-15-12-24-81(48)62(96)46(28-38-29-67-31-70-38)77-53(87)40-13-10-22-68-40/h16-19,29,31-36,40-48,50-51,68,82-83H,10-15,20-28,30H2,1-9H3,(H,67,70)(H,71,89)(H,72,93)(H,73,90)(H,74,91)(H,75,88)(H,76,94)(H,77,87)(H,78,95)(H,79,86)(H,80,92)(H,84,85)(H,97,98)(H4,65,66,69)/t36-,40-,41-,42-,43-,44-,45-,46-,47-,48-,50-,51-/m0/s1. The number of phenolic OH excluding ortho intramolecular Hbond substituents is 1. The number of benzene rings is 1. The normalized spacial score (nSPS) is 17.5. The molecule has 12 atom stereocenters. The lowest BCUT2D eigenvalue weighted by atomic mass is 9.98. The Bertz CT molecular complexity index is 3080. The zero-order valence-corrected chi connectivity index (χ0v) is 57.1. The SMILES string of the molecule is CC(C)C[C@H](NC(=O)[C@H](CC(C)C)NC(=O)[C@@H](NC(=O)[C@H](CO)NC(=O)[C@@H](NC(=O)[C@H](C)NC(=O)[C@H](Cc1ccc(O)cc1)NC(=O)[C@H](CCC(=O)O)NC(=O)[C@@H]1CCCN1C(=O)[C@H](Cc1cnc[nH]1)NC(=O)[C@@H]1CCCN1)C(C)C)C(C)C)C(=O)N[C@@H](CCCN=C(N)N)C(=O)O. The number of aromatic hydroxyl groups is 1. The van der Waals surface area contributed by atoms with Crippen molar-refractivity contribution in [1.82, 2.24) is 73.4 Å². The van der Waals surface area contributed by atoms with Crippen molar-refractivity contribution in [3.05, 3.63) is 48.0 Å². The maximum absolute atomic E-state index is 14.4.